The molecule has 3 N–H and O–H groups in total. The number of hydrogen-bond donors (Lipinski definition) is 3. The highest BCUT2D eigenvalue weighted by Gasteiger charge is 2.42. The first kappa shape index (κ1) is 14.7. The van der Waals surface area contributed by atoms with Gasteiger partial charge in [-0.05, 0) is 31.2 Å². The first-order chi connectivity index (χ1) is 11.6. The maximum absolute atomic E-state index is 11.8. The van der Waals surface area contributed by atoms with E-state index in [9.17, 15) is 9.90 Å². The van der Waals surface area contributed by atoms with Gasteiger partial charge in [0.2, 0.25) is 11.9 Å². The number of fused-ring (bicyclic) bond motifs is 1. The van der Waals surface area contributed by atoms with Crippen molar-refractivity contribution in [2.24, 2.45) is 11.8 Å². The maximum Gasteiger partial charge on any atom is 0.229 e. The SMILES string of the molecule is Cc1cc(N2C[C@@H]3CNC(=O)[C@@H]3C2)nc(Nc2ccc(O)cc2)n1. The standard InChI is InChI=1S/C17H19N5O2/c1-10-6-15(22-8-11-7-18-16(24)14(11)9-22)21-17(19-10)20-12-2-4-13(23)5-3-12/h2-6,11,14,23H,7-9H2,1H3,(H,18,24)(H,19,20,21)/t11-,14+/m0/s1. The van der Waals surface area contributed by atoms with Crippen LogP contribution in [-0.4, -0.2) is 40.6 Å². The van der Waals surface area contributed by atoms with Crippen LogP contribution in [0.2, 0.25) is 0 Å². The van der Waals surface area contributed by atoms with Crippen molar-refractivity contribution in [1.82, 2.24) is 15.3 Å². The van der Waals surface area contributed by atoms with Gasteiger partial charge < -0.3 is 20.6 Å². The van der Waals surface area contributed by atoms with Crippen molar-refractivity contribution in [2.75, 3.05) is 29.9 Å². The molecule has 7 heteroatoms. The number of benzene rings is 1. The van der Waals surface area contributed by atoms with Gasteiger partial charge in [0, 0.05) is 43.0 Å². The molecule has 0 bridgehead atoms. The van der Waals surface area contributed by atoms with Crippen LogP contribution in [0, 0.1) is 18.8 Å². The van der Waals surface area contributed by atoms with E-state index in [1.807, 2.05) is 13.0 Å². The van der Waals surface area contributed by atoms with Gasteiger partial charge in [-0.3, -0.25) is 4.79 Å². The lowest BCUT2D eigenvalue weighted by atomic mass is 10.0. The molecule has 1 aromatic heterocycles. The molecule has 0 unspecified atom stereocenters. The van der Waals surface area contributed by atoms with Crippen LogP contribution >= 0.6 is 0 Å². The predicted octanol–water partition coefficient (Wildman–Crippen LogP) is 1.42. The number of hydrogen-bond acceptors (Lipinski definition) is 6. The van der Waals surface area contributed by atoms with E-state index >= 15 is 0 Å². The summed E-state index contributed by atoms with van der Waals surface area (Å²) in [7, 11) is 0. The fourth-order valence-electron chi connectivity index (χ4n) is 3.37. The molecule has 1 aromatic carbocycles. The van der Waals surface area contributed by atoms with Gasteiger partial charge in [-0.25, -0.2) is 4.98 Å². The van der Waals surface area contributed by atoms with Crippen LogP contribution < -0.4 is 15.5 Å². The van der Waals surface area contributed by atoms with Crippen molar-refractivity contribution in [3.05, 3.63) is 36.0 Å². The Kier molecular flexibility index (Phi) is 3.48. The van der Waals surface area contributed by atoms with Crippen LogP contribution in [0.3, 0.4) is 0 Å². The third kappa shape index (κ3) is 2.73. The second-order valence-corrected chi connectivity index (χ2v) is 6.38. The van der Waals surface area contributed by atoms with Crippen molar-refractivity contribution >= 4 is 23.4 Å². The minimum Gasteiger partial charge on any atom is -0.508 e. The summed E-state index contributed by atoms with van der Waals surface area (Å²) < 4.78 is 0. The molecule has 2 aliphatic heterocycles. The first-order valence-corrected chi connectivity index (χ1v) is 8.03. The number of carbonyl (C=O) groups excluding carboxylic acids is 1. The smallest absolute Gasteiger partial charge is 0.229 e. The highest BCUT2D eigenvalue weighted by Crippen LogP contribution is 2.31. The van der Waals surface area contributed by atoms with Crippen molar-refractivity contribution in [2.45, 2.75) is 6.92 Å². The lowest BCUT2D eigenvalue weighted by Crippen LogP contribution is -2.29. The molecule has 2 aromatic rings. The Labute approximate surface area is 139 Å². The number of nitrogens with one attached hydrogen (secondary N) is 2. The van der Waals surface area contributed by atoms with Crippen molar-refractivity contribution < 1.29 is 9.90 Å². The molecular weight excluding hydrogens is 306 g/mol. The summed E-state index contributed by atoms with van der Waals surface area (Å²) in [6.07, 6.45) is 0. The number of aromatic nitrogens is 2. The Hall–Kier alpha value is -2.83. The fraction of sp³-hybridized carbons (Fsp3) is 0.353. The van der Waals surface area contributed by atoms with Crippen molar-refractivity contribution in [3.63, 3.8) is 0 Å². The number of phenolic OH excluding ortho intramolecular Hbond substituents is 1. The summed E-state index contributed by atoms with van der Waals surface area (Å²) in [5, 5.41) is 15.4. The molecule has 4 rings (SSSR count). The Balaban J connectivity index is 1.55. The lowest BCUT2D eigenvalue weighted by molar-refractivity contribution is -0.122. The minimum atomic E-state index is 0.0637. The molecule has 7 nitrogen and oxygen atoms in total. The molecule has 1 amide bonds. The maximum atomic E-state index is 11.8. The molecule has 2 saturated heterocycles. The molecule has 0 radical (unpaired) electrons. The topological polar surface area (TPSA) is 90.4 Å². The van der Waals surface area contributed by atoms with Crippen LogP contribution in [-0.2, 0) is 4.79 Å². The van der Waals surface area contributed by atoms with Gasteiger partial charge in [0.1, 0.15) is 11.6 Å². The Morgan fingerprint density at radius 1 is 1.25 bits per heavy atom. The fourth-order valence-corrected chi connectivity index (χ4v) is 3.37. The van der Waals surface area contributed by atoms with Gasteiger partial charge in [0.15, 0.2) is 0 Å². The Bertz CT molecular complexity index is 777. The average molecular weight is 325 g/mol. The lowest BCUT2D eigenvalue weighted by Gasteiger charge is -2.19. The third-order valence-electron chi connectivity index (χ3n) is 4.60. The van der Waals surface area contributed by atoms with Crippen LogP contribution in [0.4, 0.5) is 17.5 Å². The van der Waals surface area contributed by atoms with Gasteiger partial charge in [-0.1, -0.05) is 0 Å². The summed E-state index contributed by atoms with van der Waals surface area (Å²) in [4.78, 5) is 23.0. The number of nitrogens with zero attached hydrogens (tertiary/aromatic N) is 3. The molecule has 24 heavy (non-hydrogen) atoms. The van der Waals surface area contributed by atoms with Crippen molar-refractivity contribution in [3.8, 4) is 5.75 Å². The Morgan fingerprint density at radius 2 is 2.04 bits per heavy atom. The van der Waals surface area contributed by atoms with E-state index in [0.29, 0.717) is 18.4 Å². The summed E-state index contributed by atoms with van der Waals surface area (Å²) in [6.45, 7) is 4.21. The summed E-state index contributed by atoms with van der Waals surface area (Å²) in [5.74, 6) is 2.14. The molecule has 2 aliphatic rings. The molecule has 0 spiro atoms. The summed E-state index contributed by atoms with van der Waals surface area (Å²) in [6, 6.07) is 8.70. The number of aryl methyl sites for hydroxylation is 1. The zero-order valence-electron chi connectivity index (χ0n) is 13.4. The van der Waals surface area contributed by atoms with E-state index in [2.05, 4.69) is 25.5 Å². The van der Waals surface area contributed by atoms with Gasteiger partial charge in [0.25, 0.3) is 0 Å². The molecule has 0 aliphatic carbocycles. The highest BCUT2D eigenvalue weighted by molar-refractivity contribution is 5.82. The monoisotopic (exact) mass is 325 g/mol. The zero-order valence-corrected chi connectivity index (χ0v) is 13.4. The number of amides is 1. The van der Waals surface area contributed by atoms with E-state index in [0.717, 1.165) is 30.3 Å². The second kappa shape index (κ2) is 5.67. The zero-order chi connectivity index (χ0) is 16.7. The number of anilines is 3. The third-order valence-corrected chi connectivity index (χ3v) is 4.60. The molecular formula is C17H19N5O2. The van der Waals surface area contributed by atoms with Crippen LogP contribution in [0.5, 0.6) is 5.75 Å². The highest BCUT2D eigenvalue weighted by atomic mass is 16.3. The number of rotatable bonds is 3. The van der Waals surface area contributed by atoms with Gasteiger partial charge in [0.05, 0.1) is 5.92 Å². The van der Waals surface area contributed by atoms with Crippen LogP contribution in [0.15, 0.2) is 30.3 Å². The molecule has 2 atom stereocenters. The van der Waals surface area contributed by atoms with E-state index in [-0.39, 0.29) is 17.6 Å². The van der Waals surface area contributed by atoms with E-state index in [1.54, 1.807) is 24.3 Å². The van der Waals surface area contributed by atoms with Crippen LogP contribution in [0.1, 0.15) is 5.69 Å². The van der Waals surface area contributed by atoms with E-state index in [1.165, 1.54) is 0 Å². The van der Waals surface area contributed by atoms with E-state index < -0.39 is 0 Å². The predicted molar refractivity (Wildman–Crippen MR) is 90.4 cm³/mol. The second-order valence-electron chi connectivity index (χ2n) is 6.38. The molecule has 124 valence electrons. The average Bonchev–Trinajstić information content (AvgIpc) is 3.12. The number of aromatic hydroxyl groups is 1. The number of phenols is 1. The van der Waals surface area contributed by atoms with Gasteiger partial charge in [-0.15, -0.1) is 0 Å². The quantitative estimate of drug-likeness (QED) is 0.740. The Morgan fingerprint density at radius 3 is 2.79 bits per heavy atom. The minimum absolute atomic E-state index is 0.0637. The van der Waals surface area contributed by atoms with Crippen LogP contribution in [0.25, 0.3) is 0 Å². The molecule has 0 saturated carbocycles. The normalized spacial score (nSPS) is 22.4. The molecule has 2 fully saturated rings. The summed E-state index contributed by atoms with van der Waals surface area (Å²) in [5.41, 5.74) is 1.67. The van der Waals surface area contributed by atoms with Gasteiger partial charge in [-0.2, -0.15) is 4.98 Å². The van der Waals surface area contributed by atoms with Crippen molar-refractivity contribution in [1.29, 1.82) is 0 Å². The largest absolute Gasteiger partial charge is 0.508 e. The summed E-state index contributed by atoms with van der Waals surface area (Å²) >= 11 is 0. The number of carbonyl (C=O) groups is 1. The van der Waals surface area contributed by atoms with E-state index in [4.69, 9.17) is 0 Å². The molecule has 3 heterocycles. The first-order valence-electron chi connectivity index (χ1n) is 8.03. The van der Waals surface area contributed by atoms with Gasteiger partial charge >= 0.3 is 0 Å².